The molecule has 1 unspecified atom stereocenters. The maximum absolute atomic E-state index is 11.9. The van der Waals surface area contributed by atoms with Crippen molar-refractivity contribution in [2.75, 3.05) is 18.0 Å². The molecule has 0 radical (unpaired) electrons. The van der Waals surface area contributed by atoms with Crippen molar-refractivity contribution in [1.29, 1.82) is 0 Å². The molecule has 1 saturated heterocycles. The van der Waals surface area contributed by atoms with E-state index in [0.717, 1.165) is 5.69 Å². The summed E-state index contributed by atoms with van der Waals surface area (Å²) in [6.45, 7) is 4.77. The number of carbonyl (C=O) groups excluding carboxylic acids is 2. The Morgan fingerprint density at radius 2 is 2.06 bits per heavy atom. The molecule has 0 saturated carbocycles. The lowest BCUT2D eigenvalue weighted by Crippen LogP contribution is -2.29. The fourth-order valence-corrected chi connectivity index (χ4v) is 2.18. The zero-order valence-electron chi connectivity index (χ0n) is 10.8. The molecule has 1 aromatic rings. The highest BCUT2D eigenvalue weighted by Crippen LogP contribution is 2.24. The minimum Gasteiger partial charge on any atom is -0.356 e. The quantitative estimate of drug-likeness (QED) is 0.878. The first-order valence-electron chi connectivity index (χ1n) is 6.17. The van der Waals surface area contributed by atoms with Gasteiger partial charge >= 0.3 is 0 Å². The van der Waals surface area contributed by atoms with Gasteiger partial charge in [-0.25, -0.2) is 0 Å². The van der Waals surface area contributed by atoms with Crippen molar-refractivity contribution in [1.82, 2.24) is 5.32 Å². The minimum absolute atomic E-state index is 0.0452. The Morgan fingerprint density at radius 1 is 1.39 bits per heavy atom. The lowest BCUT2D eigenvalue weighted by Gasteiger charge is -2.17. The number of hydrogen-bond donors (Lipinski definition) is 1. The smallest absolute Gasteiger partial charge is 0.227 e. The molecule has 4 heteroatoms. The summed E-state index contributed by atoms with van der Waals surface area (Å²) in [5, 5.41) is 2.77. The molecule has 0 aliphatic carbocycles. The first-order valence-corrected chi connectivity index (χ1v) is 6.17. The molecular weight excluding hydrogens is 228 g/mol. The fourth-order valence-electron chi connectivity index (χ4n) is 2.18. The minimum atomic E-state index is -0.0452. The molecule has 1 atom stereocenters. The van der Waals surface area contributed by atoms with Crippen LogP contribution in [0.25, 0.3) is 0 Å². The van der Waals surface area contributed by atoms with Crippen molar-refractivity contribution < 1.29 is 9.59 Å². The van der Waals surface area contributed by atoms with Gasteiger partial charge in [-0.1, -0.05) is 17.7 Å². The number of rotatable bonds is 3. The van der Waals surface area contributed by atoms with Gasteiger partial charge in [-0.15, -0.1) is 0 Å². The molecule has 1 heterocycles. The van der Waals surface area contributed by atoms with Crippen LogP contribution in [0.15, 0.2) is 24.3 Å². The maximum Gasteiger partial charge on any atom is 0.227 e. The summed E-state index contributed by atoms with van der Waals surface area (Å²) in [5.41, 5.74) is 2.12. The predicted octanol–water partition coefficient (Wildman–Crippen LogP) is 1.48. The number of aryl methyl sites for hydroxylation is 1. The number of anilines is 1. The average molecular weight is 246 g/mol. The van der Waals surface area contributed by atoms with Crippen molar-refractivity contribution in [3.63, 3.8) is 0 Å². The Hall–Kier alpha value is -1.84. The zero-order valence-corrected chi connectivity index (χ0v) is 10.8. The first-order chi connectivity index (χ1) is 8.56. The molecule has 0 spiro atoms. The van der Waals surface area contributed by atoms with E-state index in [-0.39, 0.29) is 17.7 Å². The normalized spacial score (nSPS) is 19.1. The molecule has 0 bridgehead atoms. The van der Waals surface area contributed by atoms with Gasteiger partial charge in [0.25, 0.3) is 0 Å². The zero-order chi connectivity index (χ0) is 13.1. The van der Waals surface area contributed by atoms with E-state index in [0.29, 0.717) is 19.5 Å². The molecule has 2 rings (SSSR count). The van der Waals surface area contributed by atoms with E-state index in [9.17, 15) is 9.59 Å². The van der Waals surface area contributed by atoms with Crippen molar-refractivity contribution in [3.05, 3.63) is 29.8 Å². The van der Waals surface area contributed by atoms with E-state index in [1.165, 1.54) is 12.5 Å². The van der Waals surface area contributed by atoms with Gasteiger partial charge < -0.3 is 10.2 Å². The summed E-state index contributed by atoms with van der Waals surface area (Å²) in [5.74, 6) is 0.299. The highest BCUT2D eigenvalue weighted by molar-refractivity contribution is 5.95. The molecule has 0 aromatic heterocycles. The molecule has 1 aliphatic heterocycles. The van der Waals surface area contributed by atoms with Crippen LogP contribution in [0.5, 0.6) is 0 Å². The summed E-state index contributed by atoms with van der Waals surface area (Å²) in [4.78, 5) is 24.6. The van der Waals surface area contributed by atoms with Crippen molar-refractivity contribution >= 4 is 17.5 Å². The van der Waals surface area contributed by atoms with Crippen LogP contribution in [-0.2, 0) is 9.59 Å². The third-order valence-electron chi connectivity index (χ3n) is 3.19. The van der Waals surface area contributed by atoms with Crippen LogP contribution >= 0.6 is 0 Å². The molecule has 2 amide bonds. The lowest BCUT2D eigenvalue weighted by atomic mass is 10.1. The first kappa shape index (κ1) is 12.6. The van der Waals surface area contributed by atoms with Crippen LogP contribution in [-0.4, -0.2) is 24.9 Å². The highest BCUT2D eigenvalue weighted by Gasteiger charge is 2.30. The van der Waals surface area contributed by atoms with Crippen LogP contribution in [0.4, 0.5) is 5.69 Å². The van der Waals surface area contributed by atoms with Crippen molar-refractivity contribution in [2.45, 2.75) is 20.3 Å². The third-order valence-corrected chi connectivity index (χ3v) is 3.19. The Morgan fingerprint density at radius 3 is 2.67 bits per heavy atom. The Kier molecular flexibility index (Phi) is 3.65. The van der Waals surface area contributed by atoms with Gasteiger partial charge in [-0.05, 0) is 19.1 Å². The molecule has 96 valence electrons. The van der Waals surface area contributed by atoms with E-state index in [4.69, 9.17) is 0 Å². The van der Waals surface area contributed by atoms with E-state index in [2.05, 4.69) is 5.32 Å². The van der Waals surface area contributed by atoms with Gasteiger partial charge in [0.1, 0.15) is 0 Å². The van der Waals surface area contributed by atoms with Crippen molar-refractivity contribution in [2.24, 2.45) is 5.92 Å². The van der Waals surface area contributed by atoms with Crippen LogP contribution in [0.2, 0.25) is 0 Å². The van der Waals surface area contributed by atoms with Gasteiger partial charge in [-0.2, -0.15) is 0 Å². The number of nitrogens with zero attached hydrogens (tertiary/aromatic N) is 1. The topological polar surface area (TPSA) is 49.4 Å². The van der Waals surface area contributed by atoms with Crippen LogP contribution in [0, 0.1) is 12.8 Å². The SMILES string of the molecule is CC(=O)NCC1CC(=O)N(c2ccc(C)cc2)C1. The third kappa shape index (κ3) is 2.88. The second-order valence-electron chi connectivity index (χ2n) is 4.85. The number of benzene rings is 1. The average Bonchev–Trinajstić information content (AvgIpc) is 2.69. The van der Waals surface area contributed by atoms with E-state index in [1.807, 2.05) is 31.2 Å². The van der Waals surface area contributed by atoms with Crippen molar-refractivity contribution in [3.8, 4) is 0 Å². The maximum atomic E-state index is 11.9. The Bertz CT molecular complexity index is 453. The summed E-state index contributed by atoms with van der Waals surface area (Å²) in [6, 6.07) is 7.94. The molecule has 4 nitrogen and oxygen atoms in total. The second kappa shape index (κ2) is 5.21. The lowest BCUT2D eigenvalue weighted by molar-refractivity contribution is -0.120. The van der Waals surface area contributed by atoms with Crippen LogP contribution in [0.1, 0.15) is 18.9 Å². The summed E-state index contributed by atoms with van der Waals surface area (Å²) in [7, 11) is 0. The number of amides is 2. The largest absolute Gasteiger partial charge is 0.356 e. The molecule has 1 fully saturated rings. The number of hydrogen-bond acceptors (Lipinski definition) is 2. The van der Waals surface area contributed by atoms with E-state index < -0.39 is 0 Å². The molecular formula is C14H18N2O2. The summed E-state index contributed by atoms with van der Waals surface area (Å²) >= 11 is 0. The molecule has 1 N–H and O–H groups in total. The van der Waals surface area contributed by atoms with Gasteiger partial charge in [0.05, 0.1) is 0 Å². The van der Waals surface area contributed by atoms with E-state index in [1.54, 1.807) is 4.90 Å². The van der Waals surface area contributed by atoms with Gasteiger partial charge in [0, 0.05) is 38.0 Å². The van der Waals surface area contributed by atoms with E-state index >= 15 is 0 Å². The second-order valence-corrected chi connectivity index (χ2v) is 4.85. The molecule has 1 aromatic carbocycles. The summed E-state index contributed by atoms with van der Waals surface area (Å²) < 4.78 is 0. The Labute approximate surface area is 107 Å². The van der Waals surface area contributed by atoms with Gasteiger partial charge in [-0.3, -0.25) is 9.59 Å². The van der Waals surface area contributed by atoms with Gasteiger partial charge in [0.15, 0.2) is 0 Å². The fraction of sp³-hybridized carbons (Fsp3) is 0.429. The number of carbonyl (C=O) groups is 2. The Balaban J connectivity index is 2.00. The summed E-state index contributed by atoms with van der Waals surface area (Å²) in [6.07, 6.45) is 0.508. The van der Waals surface area contributed by atoms with Crippen LogP contribution in [0.3, 0.4) is 0 Å². The van der Waals surface area contributed by atoms with Crippen LogP contribution < -0.4 is 10.2 Å². The molecule has 18 heavy (non-hydrogen) atoms. The van der Waals surface area contributed by atoms with Gasteiger partial charge in [0.2, 0.25) is 11.8 Å². The standard InChI is InChI=1S/C14H18N2O2/c1-10-3-5-13(6-4-10)16-9-12(7-14(16)18)8-15-11(2)17/h3-6,12H,7-9H2,1-2H3,(H,15,17). The predicted molar refractivity (Wildman–Crippen MR) is 70.3 cm³/mol. The number of nitrogens with one attached hydrogen (secondary N) is 1. The molecule has 1 aliphatic rings. The monoisotopic (exact) mass is 246 g/mol. The highest BCUT2D eigenvalue weighted by atomic mass is 16.2.